The van der Waals surface area contributed by atoms with Crippen LogP contribution in [0.15, 0.2) is 0 Å². The Morgan fingerprint density at radius 2 is 2.30 bits per heavy atom. The Labute approximate surface area is 83.1 Å². The van der Waals surface area contributed by atoms with Gasteiger partial charge in [-0.2, -0.15) is 0 Å². The number of halogens is 2. The summed E-state index contributed by atoms with van der Waals surface area (Å²) in [6, 6.07) is 0. The molecule has 0 bridgehead atoms. The third kappa shape index (κ3) is 3.39. The molecule has 1 unspecified atom stereocenters. The highest BCUT2D eigenvalue weighted by molar-refractivity contribution is 14.1. The minimum absolute atomic E-state index is 0. The second-order valence-corrected chi connectivity index (χ2v) is 3.81. The highest BCUT2D eigenvalue weighted by atomic mass is 127. The zero-order valence-electron chi connectivity index (χ0n) is 6.35. The molecule has 0 aromatic rings. The lowest BCUT2D eigenvalue weighted by Gasteiger charge is -2.28. The smallest absolute Gasteiger partial charge is 0.00359 e. The second kappa shape index (κ2) is 5.61. The molecule has 0 spiro atoms. The van der Waals surface area contributed by atoms with Gasteiger partial charge >= 0.3 is 0 Å². The first-order chi connectivity index (χ1) is 4.33. The van der Waals surface area contributed by atoms with Crippen molar-refractivity contribution < 1.29 is 0 Å². The van der Waals surface area contributed by atoms with E-state index >= 15 is 0 Å². The summed E-state index contributed by atoms with van der Waals surface area (Å²) in [5.41, 5.74) is 0. The number of nitrogens with zero attached hydrogens (tertiary/aromatic N) is 1. The summed E-state index contributed by atoms with van der Waals surface area (Å²) in [4.78, 5) is 2.44. The monoisotopic (exact) mass is 275 g/mol. The average Bonchev–Trinajstić information content (AvgIpc) is 1.88. The molecular formula is C7H15ClIN. The highest BCUT2D eigenvalue weighted by Gasteiger charge is 2.14. The van der Waals surface area contributed by atoms with Crippen molar-refractivity contribution in [2.75, 3.05) is 24.6 Å². The number of alkyl halides is 1. The van der Waals surface area contributed by atoms with Crippen molar-refractivity contribution in [1.29, 1.82) is 0 Å². The van der Waals surface area contributed by atoms with Crippen molar-refractivity contribution in [2.45, 2.75) is 12.8 Å². The van der Waals surface area contributed by atoms with Gasteiger partial charge in [0.15, 0.2) is 0 Å². The van der Waals surface area contributed by atoms with Crippen molar-refractivity contribution in [2.24, 2.45) is 5.92 Å². The van der Waals surface area contributed by atoms with Crippen LogP contribution in [0.4, 0.5) is 0 Å². The van der Waals surface area contributed by atoms with E-state index in [1.807, 2.05) is 0 Å². The Bertz CT molecular complexity index is 89.7. The molecular weight excluding hydrogens is 260 g/mol. The molecule has 1 atom stereocenters. The fourth-order valence-corrected chi connectivity index (χ4v) is 2.12. The normalized spacial score (nSPS) is 27.6. The summed E-state index contributed by atoms with van der Waals surface area (Å²) in [5, 5.41) is 0. The summed E-state index contributed by atoms with van der Waals surface area (Å²) in [6.07, 6.45) is 2.86. The van der Waals surface area contributed by atoms with E-state index < -0.39 is 0 Å². The molecule has 0 radical (unpaired) electrons. The van der Waals surface area contributed by atoms with Gasteiger partial charge in [0.25, 0.3) is 0 Å². The van der Waals surface area contributed by atoms with E-state index in [0.717, 1.165) is 5.92 Å². The van der Waals surface area contributed by atoms with Crippen LogP contribution in [0.25, 0.3) is 0 Å². The summed E-state index contributed by atoms with van der Waals surface area (Å²) in [7, 11) is 2.22. The summed E-state index contributed by atoms with van der Waals surface area (Å²) in [6.45, 7) is 2.64. The summed E-state index contributed by atoms with van der Waals surface area (Å²) < 4.78 is 1.34. The van der Waals surface area contributed by atoms with Gasteiger partial charge in [0, 0.05) is 11.0 Å². The van der Waals surface area contributed by atoms with Gasteiger partial charge in [0.1, 0.15) is 0 Å². The Balaban J connectivity index is 0.000000810. The van der Waals surface area contributed by atoms with E-state index in [2.05, 4.69) is 34.5 Å². The molecule has 1 saturated heterocycles. The van der Waals surface area contributed by atoms with Crippen molar-refractivity contribution in [1.82, 2.24) is 4.90 Å². The highest BCUT2D eigenvalue weighted by Crippen LogP contribution is 2.16. The Hall–Kier alpha value is 0.980. The van der Waals surface area contributed by atoms with E-state index in [9.17, 15) is 0 Å². The van der Waals surface area contributed by atoms with E-state index in [0.29, 0.717) is 0 Å². The van der Waals surface area contributed by atoms with Crippen molar-refractivity contribution >= 4 is 35.0 Å². The molecule has 0 N–H and O–H groups in total. The molecule has 62 valence electrons. The van der Waals surface area contributed by atoms with Crippen LogP contribution in [-0.4, -0.2) is 29.5 Å². The first kappa shape index (κ1) is 11.0. The fraction of sp³-hybridized carbons (Fsp3) is 1.00. The lowest BCUT2D eigenvalue weighted by molar-refractivity contribution is 0.226. The van der Waals surface area contributed by atoms with Gasteiger partial charge in [-0.1, -0.05) is 22.6 Å². The Morgan fingerprint density at radius 3 is 2.70 bits per heavy atom. The molecule has 1 aliphatic heterocycles. The van der Waals surface area contributed by atoms with Gasteiger partial charge in [0.05, 0.1) is 0 Å². The van der Waals surface area contributed by atoms with Crippen LogP contribution in [0, 0.1) is 5.92 Å². The molecule has 0 saturated carbocycles. The lowest BCUT2D eigenvalue weighted by atomic mass is 10.0. The maximum Gasteiger partial charge on any atom is 0.00359 e. The zero-order chi connectivity index (χ0) is 6.69. The van der Waals surface area contributed by atoms with Crippen LogP contribution < -0.4 is 0 Å². The summed E-state index contributed by atoms with van der Waals surface area (Å²) in [5.74, 6) is 0.976. The molecule has 1 rings (SSSR count). The topological polar surface area (TPSA) is 3.24 Å². The van der Waals surface area contributed by atoms with E-state index in [1.54, 1.807) is 0 Å². The van der Waals surface area contributed by atoms with Crippen LogP contribution in [0.3, 0.4) is 0 Å². The minimum Gasteiger partial charge on any atom is -0.306 e. The lowest BCUT2D eigenvalue weighted by Crippen LogP contribution is -2.32. The number of hydrogen-bond acceptors (Lipinski definition) is 1. The fourth-order valence-electron chi connectivity index (χ4n) is 1.40. The first-order valence-corrected chi connectivity index (χ1v) is 5.10. The number of hydrogen-bond donors (Lipinski definition) is 0. The largest absolute Gasteiger partial charge is 0.306 e. The number of piperidine rings is 1. The predicted molar refractivity (Wildman–Crippen MR) is 56.4 cm³/mol. The predicted octanol–water partition coefficient (Wildman–Crippen LogP) is 2.19. The quantitative estimate of drug-likeness (QED) is 0.524. The van der Waals surface area contributed by atoms with Gasteiger partial charge in [-0.3, -0.25) is 0 Å². The van der Waals surface area contributed by atoms with Crippen molar-refractivity contribution in [3.63, 3.8) is 0 Å². The van der Waals surface area contributed by atoms with Crippen molar-refractivity contribution in [3.05, 3.63) is 0 Å². The number of likely N-dealkylation sites (tertiary alicyclic amines) is 1. The van der Waals surface area contributed by atoms with Crippen molar-refractivity contribution in [3.8, 4) is 0 Å². The average molecular weight is 276 g/mol. The summed E-state index contributed by atoms with van der Waals surface area (Å²) >= 11 is 2.49. The van der Waals surface area contributed by atoms with E-state index in [-0.39, 0.29) is 12.4 Å². The van der Waals surface area contributed by atoms with Gasteiger partial charge in [0.2, 0.25) is 0 Å². The molecule has 1 fully saturated rings. The van der Waals surface area contributed by atoms with Gasteiger partial charge in [-0.25, -0.2) is 0 Å². The van der Waals surface area contributed by atoms with E-state index in [4.69, 9.17) is 0 Å². The van der Waals surface area contributed by atoms with Gasteiger partial charge in [-0.15, -0.1) is 12.4 Å². The third-order valence-electron chi connectivity index (χ3n) is 1.94. The molecule has 1 heterocycles. The maximum atomic E-state index is 2.49. The standard InChI is InChI=1S/C7H14IN.ClH/c1-9-4-2-3-7(5-8)6-9;/h7H,2-6H2,1H3;1H. The molecule has 1 aliphatic rings. The molecule has 0 aromatic carbocycles. The molecule has 0 aliphatic carbocycles. The number of rotatable bonds is 1. The van der Waals surface area contributed by atoms with Crippen LogP contribution in [0.1, 0.15) is 12.8 Å². The van der Waals surface area contributed by atoms with Crippen LogP contribution >= 0.6 is 35.0 Å². The maximum absolute atomic E-state index is 2.49. The molecule has 3 heteroatoms. The first-order valence-electron chi connectivity index (χ1n) is 3.57. The van der Waals surface area contributed by atoms with Crippen LogP contribution in [-0.2, 0) is 0 Å². The molecule has 0 amide bonds. The molecule has 1 nitrogen and oxygen atoms in total. The SMILES string of the molecule is CN1CCCC(CI)C1.Cl. The zero-order valence-corrected chi connectivity index (χ0v) is 9.32. The van der Waals surface area contributed by atoms with Gasteiger partial charge < -0.3 is 4.90 Å². The second-order valence-electron chi connectivity index (χ2n) is 2.92. The minimum atomic E-state index is 0. The van der Waals surface area contributed by atoms with Gasteiger partial charge in [-0.05, 0) is 32.4 Å². The van der Waals surface area contributed by atoms with Crippen LogP contribution in [0.5, 0.6) is 0 Å². The third-order valence-corrected chi connectivity index (χ3v) is 3.19. The Morgan fingerprint density at radius 1 is 1.60 bits per heavy atom. The molecule has 10 heavy (non-hydrogen) atoms. The Kier molecular flexibility index (Phi) is 6.16. The van der Waals surface area contributed by atoms with E-state index in [1.165, 1.54) is 30.4 Å². The molecule has 0 aromatic heterocycles. The van der Waals surface area contributed by atoms with Crippen LogP contribution in [0.2, 0.25) is 0 Å².